The number of rotatable bonds is 7. The summed E-state index contributed by atoms with van der Waals surface area (Å²) in [5.74, 6) is -0.528. The first-order valence-corrected chi connectivity index (χ1v) is 8.94. The van der Waals surface area contributed by atoms with E-state index in [-0.39, 0.29) is 17.8 Å². The molecule has 3 aromatic rings. The molecule has 0 spiro atoms. The molecule has 8 nitrogen and oxygen atoms in total. The zero-order valence-electron chi connectivity index (χ0n) is 15.9. The minimum Gasteiger partial charge on any atom is -0.348 e. The molecule has 2 aromatic carbocycles. The number of hydrogen-bond donors (Lipinski definition) is 1. The smallest absolute Gasteiger partial charge is 0.269 e. The number of para-hydroxylation sites is 1. The molecule has 0 atom stereocenters. The molecule has 8 heteroatoms. The number of nitrogens with zero attached hydrogens (tertiary/aromatic N) is 4. The maximum atomic E-state index is 12.2. The highest BCUT2D eigenvalue weighted by molar-refractivity contribution is 6.02. The van der Waals surface area contributed by atoms with Crippen LogP contribution in [0.1, 0.15) is 5.56 Å². The van der Waals surface area contributed by atoms with Crippen molar-refractivity contribution in [1.29, 1.82) is 5.26 Å². The number of aromatic nitrogens is 2. The van der Waals surface area contributed by atoms with Crippen LogP contribution in [-0.2, 0) is 4.79 Å². The third-order valence-electron chi connectivity index (χ3n) is 4.19. The highest BCUT2D eigenvalue weighted by Gasteiger charge is 2.16. The molecule has 0 radical (unpaired) electrons. The van der Waals surface area contributed by atoms with Gasteiger partial charge in [0.15, 0.2) is 0 Å². The average Bonchev–Trinajstić information content (AvgIpc) is 3.20. The van der Waals surface area contributed by atoms with E-state index in [9.17, 15) is 20.2 Å². The van der Waals surface area contributed by atoms with Gasteiger partial charge in [0.2, 0.25) is 0 Å². The third-order valence-corrected chi connectivity index (χ3v) is 4.19. The molecule has 0 saturated heterocycles. The second-order valence-electron chi connectivity index (χ2n) is 6.19. The Balaban J connectivity index is 2.10. The molecule has 0 aliphatic carbocycles. The number of amides is 1. The number of non-ortho nitro benzene ring substituents is 1. The molecule has 1 N–H and O–H groups in total. The lowest BCUT2D eigenvalue weighted by molar-refractivity contribution is -0.384. The van der Waals surface area contributed by atoms with Crippen LogP contribution in [-0.4, -0.2) is 27.2 Å². The van der Waals surface area contributed by atoms with E-state index in [1.807, 2.05) is 36.4 Å². The highest BCUT2D eigenvalue weighted by atomic mass is 16.6. The van der Waals surface area contributed by atoms with Crippen molar-refractivity contribution in [2.24, 2.45) is 0 Å². The summed E-state index contributed by atoms with van der Waals surface area (Å²) in [5.41, 5.74) is 2.28. The fourth-order valence-corrected chi connectivity index (χ4v) is 2.74. The topological polar surface area (TPSA) is 114 Å². The van der Waals surface area contributed by atoms with E-state index in [0.717, 1.165) is 5.69 Å². The zero-order valence-corrected chi connectivity index (χ0v) is 15.9. The molecule has 0 unspecified atom stereocenters. The summed E-state index contributed by atoms with van der Waals surface area (Å²) >= 11 is 0. The van der Waals surface area contributed by atoms with Gasteiger partial charge in [-0.15, -0.1) is 6.58 Å². The third kappa shape index (κ3) is 4.48. The quantitative estimate of drug-likeness (QED) is 0.214. The van der Waals surface area contributed by atoms with E-state index in [4.69, 9.17) is 0 Å². The van der Waals surface area contributed by atoms with Crippen LogP contribution >= 0.6 is 0 Å². The van der Waals surface area contributed by atoms with Gasteiger partial charge < -0.3 is 5.32 Å². The first kappa shape index (κ1) is 20.2. The van der Waals surface area contributed by atoms with Crippen LogP contribution in [0.4, 0.5) is 5.69 Å². The number of nitro groups is 1. The van der Waals surface area contributed by atoms with Crippen LogP contribution in [0.25, 0.3) is 23.0 Å². The van der Waals surface area contributed by atoms with Gasteiger partial charge in [-0.2, -0.15) is 10.4 Å². The molecule has 1 amide bonds. The van der Waals surface area contributed by atoms with Crippen LogP contribution in [0.15, 0.2) is 79.0 Å². The highest BCUT2D eigenvalue weighted by Crippen LogP contribution is 2.27. The minimum absolute atomic E-state index is 0.0418. The predicted molar refractivity (Wildman–Crippen MR) is 112 cm³/mol. The monoisotopic (exact) mass is 399 g/mol. The summed E-state index contributed by atoms with van der Waals surface area (Å²) in [6.45, 7) is 3.77. The Hall–Kier alpha value is -4.51. The Morgan fingerprint density at radius 1 is 1.23 bits per heavy atom. The number of nitrogens with one attached hydrogen (secondary N) is 1. The molecule has 148 valence electrons. The van der Waals surface area contributed by atoms with Gasteiger partial charge in [0, 0.05) is 36.0 Å². The van der Waals surface area contributed by atoms with Crippen molar-refractivity contribution < 1.29 is 9.72 Å². The Labute approximate surface area is 172 Å². The molecular weight excluding hydrogens is 382 g/mol. The Bertz CT molecular complexity index is 1160. The average molecular weight is 399 g/mol. The largest absolute Gasteiger partial charge is 0.348 e. The molecule has 0 bridgehead atoms. The summed E-state index contributed by atoms with van der Waals surface area (Å²) < 4.78 is 1.62. The lowest BCUT2D eigenvalue weighted by Gasteiger charge is -2.02. The van der Waals surface area contributed by atoms with E-state index in [1.165, 1.54) is 24.3 Å². The number of nitro benzene ring substituents is 1. The predicted octanol–water partition coefficient (Wildman–Crippen LogP) is 3.66. The van der Waals surface area contributed by atoms with Crippen LogP contribution in [0.3, 0.4) is 0 Å². The summed E-state index contributed by atoms with van der Waals surface area (Å²) in [5, 5.41) is 27.5. The second-order valence-corrected chi connectivity index (χ2v) is 6.19. The van der Waals surface area contributed by atoms with E-state index in [2.05, 4.69) is 17.0 Å². The van der Waals surface area contributed by atoms with Crippen molar-refractivity contribution in [1.82, 2.24) is 15.1 Å². The van der Waals surface area contributed by atoms with E-state index in [0.29, 0.717) is 16.8 Å². The first-order chi connectivity index (χ1) is 14.5. The molecule has 1 aromatic heterocycles. The molecule has 30 heavy (non-hydrogen) atoms. The molecule has 0 fully saturated rings. The van der Waals surface area contributed by atoms with Gasteiger partial charge in [-0.25, -0.2) is 4.68 Å². The van der Waals surface area contributed by atoms with Gasteiger partial charge in [0.05, 0.1) is 10.6 Å². The minimum atomic E-state index is -0.528. The summed E-state index contributed by atoms with van der Waals surface area (Å²) in [7, 11) is 0. The van der Waals surface area contributed by atoms with Crippen LogP contribution in [0.2, 0.25) is 0 Å². The van der Waals surface area contributed by atoms with Crippen molar-refractivity contribution in [3.63, 3.8) is 0 Å². The van der Waals surface area contributed by atoms with Gasteiger partial charge in [0.25, 0.3) is 11.6 Å². The second kappa shape index (κ2) is 9.12. The lowest BCUT2D eigenvalue weighted by atomic mass is 10.1. The van der Waals surface area contributed by atoms with Crippen LogP contribution < -0.4 is 5.32 Å². The maximum Gasteiger partial charge on any atom is 0.269 e. The van der Waals surface area contributed by atoms with Gasteiger partial charge in [-0.3, -0.25) is 14.9 Å². The number of carbonyl (C=O) groups excluding carboxylic acids is 1. The van der Waals surface area contributed by atoms with Gasteiger partial charge in [-0.1, -0.05) is 24.3 Å². The zero-order chi connectivity index (χ0) is 21.5. The molecule has 0 aliphatic heterocycles. The number of carbonyl (C=O) groups is 1. The molecule has 0 aliphatic rings. The molecule has 0 saturated carbocycles. The Morgan fingerprint density at radius 2 is 1.93 bits per heavy atom. The lowest BCUT2D eigenvalue weighted by Crippen LogP contribution is -2.24. The molecule has 3 rings (SSSR count). The Kier molecular flexibility index (Phi) is 6.15. The summed E-state index contributed by atoms with van der Waals surface area (Å²) in [4.78, 5) is 22.7. The van der Waals surface area contributed by atoms with Gasteiger partial charge >= 0.3 is 0 Å². The van der Waals surface area contributed by atoms with Crippen LogP contribution in [0, 0.1) is 21.4 Å². The first-order valence-electron chi connectivity index (χ1n) is 8.94. The normalized spacial score (nSPS) is 10.8. The molecule has 1 heterocycles. The van der Waals surface area contributed by atoms with E-state index in [1.54, 1.807) is 23.0 Å². The number of hydrogen-bond acceptors (Lipinski definition) is 5. The van der Waals surface area contributed by atoms with Crippen molar-refractivity contribution >= 4 is 17.7 Å². The standard InChI is InChI=1S/C22H17N5O3/c1-2-12-24-22(28)17(14-23)13-18-15-26(19-6-4-3-5-7-19)25-21(18)16-8-10-20(11-9-16)27(29)30/h2-11,13,15H,1,12H2,(H,24,28)/b17-13+. The van der Waals surface area contributed by atoms with Crippen molar-refractivity contribution in [2.45, 2.75) is 0 Å². The van der Waals surface area contributed by atoms with Crippen molar-refractivity contribution in [3.8, 4) is 23.0 Å². The van der Waals surface area contributed by atoms with Crippen molar-refractivity contribution in [2.75, 3.05) is 6.54 Å². The summed E-state index contributed by atoms with van der Waals surface area (Å²) in [6.07, 6.45) is 4.66. The van der Waals surface area contributed by atoms with Gasteiger partial charge in [0.1, 0.15) is 17.3 Å². The maximum absolute atomic E-state index is 12.2. The molecular formula is C22H17N5O3. The SMILES string of the molecule is C=CCNC(=O)/C(C#N)=C/c1cn(-c2ccccc2)nc1-c1ccc([N+](=O)[O-])cc1. The van der Waals surface area contributed by atoms with E-state index < -0.39 is 10.8 Å². The van der Waals surface area contributed by atoms with Crippen molar-refractivity contribution in [3.05, 3.63) is 94.7 Å². The number of nitriles is 1. The van der Waals surface area contributed by atoms with Gasteiger partial charge in [-0.05, 0) is 30.3 Å². The summed E-state index contributed by atoms with van der Waals surface area (Å²) in [6, 6.07) is 17.2. The number of benzene rings is 2. The van der Waals surface area contributed by atoms with E-state index >= 15 is 0 Å². The fraction of sp³-hybridized carbons (Fsp3) is 0.0455. The Morgan fingerprint density at radius 3 is 2.53 bits per heavy atom. The van der Waals surface area contributed by atoms with Crippen LogP contribution in [0.5, 0.6) is 0 Å². The fourth-order valence-electron chi connectivity index (χ4n) is 2.74.